The first kappa shape index (κ1) is 16.7. The van der Waals surface area contributed by atoms with Gasteiger partial charge in [-0.3, -0.25) is 0 Å². The third-order valence-electron chi connectivity index (χ3n) is 3.89. The highest BCUT2D eigenvalue weighted by molar-refractivity contribution is 7.88. The van der Waals surface area contributed by atoms with Gasteiger partial charge < -0.3 is 5.73 Å². The van der Waals surface area contributed by atoms with Crippen LogP contribution in [0.2, 0.25) is 5.02 Å². The number of sulfonamides is 1. The van der Waals surface area contributed by atoms with Gasteiger partial charge in [0.15, 0.2) is 0 Å². The van der Waals surface area contributed by atoms with Crippen molar-refractivity contribution in [3.8, 4) is 0 Å². The van der Waals surface area contributed by atoms with Crippen molar-refractivity contribution < 1.29 is 12.8 Å². The van der Waals surface area contributed by atoms with Crippen LogP contribution in [0.5, 0.6) is 0 Å². The Morgan fingerprint density at radius 2 is 2.24 bits per heavy atom. The van der Waals surface area contributed by atoms with Crippen LogP contribution in [0.25, 0.3) is 0 Å². The summed E-state index contributed by atoms with van der Waals surface area (Å²) >= 11 is 5.69. The summed E-state index contributed by atoms with van der Waals surface area (Å²) in [6, 6.07) is 3.98. The van der Waals surface area contributed by atoms with Crippen LogP contribution in [0.3, 0.4) is 0 Å². The molecule has 2 N–H and O–H groups in total. The van der Waals surface area contributed by atoms with Crippen molar-refractivity contribution in [3.63, 3.8) is 0 Å². The molecule has 1 aliphatic rings. The SMILES string of the molecule is CC(N)C1CCCN(S(=O)(=O)Cc2ccc(F)c(Cl)c2)C1. The van der Waals surface area contributed by atoms with Crippen LogP contribution in [0, 0.1) is 11.7 Å². The van der Waals surface area contributed by atoms with Crippen LogP contribution in [-0.2, 0) is 15.8 Å². The Kier molecular flexibility index (Phi) is 5.24. The van der Waals surface area contributed by atoms with E-state index in [-0.39, 0.29) is 22.7 Å². The lowest BCUT2D eigenvalue weighted by molar-refractivity contribution is 0.243. The average molecular weight is 335 g/mol. The van der Waals surface area contributed by atoms with E-state index >= 15 is 0 Å². The van der Waals surface area contributed by atoms with E-state index in [1.54, 1.807) is 0 Å². The molecule has 1 fully saturated rings. The Labute approximate surface area is 130 Å². The standard InChI is InChI=1S/C14H20ClFN2O2S/c1-10(17)12-3-2-6-18(8-12)21(19,20)9-11-4-5-14(16)13(15)7-11/h4-5,7,10,12H,2-3,6,8-9,17H2,1H3. The molecule has 2 rings (SSSR count). The van der Waals surface area contributed by atoms with E-state index in [0.29, 0.717) is 18.7 Å². The molecule has 0 saturated carbocycles. The van der Waals surface area contributed by atoms with Gasteiger partial charge in [-0.15, -0.1) is 0 Å². The van der Waals surface area contributed by atoms with Crippen molar-refractivity contribution in [1.29, 1.82) is 0 Å². The fourth-order valence-corrected chi connectivity index (χ4v) is 4.40. The molecule has 0 bridgehead atoms. The molecule has 1 aliphatic heterocycles. The maximum Gasteiger partial charge on any atom is 0.218 e. The molecule has 1 saturated heterocycles. The molecule has 1 aromatic rings. The van der Waals surface area contributed by atoms with Crippen LogP contribution in [0.1, 0.15) is 25.3 Å². The van der Waals surface area contributed by atoms with E-state index in [4.69, 9.17) is 17.3 Å². The summed E-state index contributed by atoms with van der Waals surface area (Å²) < 4.78 is 39.5. The molecule has 2 atom stereocenters. The van der Waals surface area contributed by atoms with Crippen LogP contribution in [0.4, 0.5) is 4.39 Å². The molecule has 0 spiro atoms. The monoisotopic (exact) mass is 334 g/mol. The zero-order chi connectivity index (χ0) is 15.6. The van der Waals surface area contributed by atoms with Gasteiger partial charge in [-0.25, -0.2) is 17.1 Å². The fourth-order valence-electron chi connectivity index (χ4n) is 2.59. The van der Waals surface area contributed by atoms with E-state index in [1.807, 2.05) is 6.92 Å². The number of halogens is 2. The second-order valence-electron chi connectivity index (χ2n) is 5.62. The summed E-state index contributed by atoms with van der Waals surface area (Å²) in [4.78, 5) is 0. The molecule has 0 radical (unpaired) electrons. The van der Waals surface area contributed by atoms with E-state index in [0.717, 1.165) is 12.8 Å². The van der Waals surface area contributed by atoms with Gasteiger partial charge in [0.25, 0.3) is 0 Å². The van der Waals surface area contributed by atoms with Crippen molar-refractivity contribution in [1.82, 2.24) is 4.31 Å². The predicted octanol–water partition coefficient (Wildman–Crippen LogP) is 2.37. The lowest BCUT2D eigenvalue weighted by Gasteiger charge is -2.33. The zero-order valence-electron chi connectivity index (χ0n) is 11.9. The number of rotatable bonds is 4. The van der Waals surface area contributed by atoms with Gasteiger partial charge in [0.1, 0.15) is 5.82 Å². The zero-order valence-corrected chi connectivity index (χ0v) is 13.5. The predicted molar refractivity (Wildman–Crippen MR) is 82.0 cm³/mol. The van der Waals surface area contributed by atoms with E-state index in [9.17, 15) is 12.8 Å². The lowest BCUT2D eigenvalue weighted by atomic mass is 9.93. The molecular formula is C14H20ClFN2O2S. The van der Waals surface area contributed by atoms with Gasteiger partial charge in [0.2, 0.25) is 10.0 Å². The first-order valence-corrected chi connectivity index (χ1v) is 8.95. The molecule has 0 amide bonds. The summed E-state index contributed by atoms with van der Waals surface area (Å²) in [7, 11) is -3.44. The Balaban J connectivity index is 2.12. The third-order valence-corrected chi connectivity index (χ3v) is 6.00. The minimum atomic E-state index is -3.44. The molecule has 7 heteroatoms. The van der Waals surface area contributed by atoms with E-state index in [2.05, 4.69) is 0 Å². The maximum atomic E-state index is 13.1. The van der Waals surface area contributed by atoms with Crippen LogP contribution >= 0.6 is 11.6 Å². The van der Waals surface area contributed by atoms with Crippen molar-refractivity contribution in [2.75, 3.05) is 13.1 Å². The Morgan fingerprint density at radius 3 is 2.86 bits per heavy atom. The summed E-state index contributed by atoms with van der Waals surface area (Å²) in [5, 5.41) is -0.0604. The first-order chi connectivity index (χ1) is 9.79. The van der Waals surface area contributed by atoms with Crippen LogP contribution in [-0.4, -0.2) is 31.9 Å². The summed E-state index contributed by atoms with van der Waals surface area (Å²) in [5.41, 5.74) is 6.37. The Bertz CT molecular complexity index is 607. The highest BCUT2D eigenvalue weighted by atomic mass is 35.5. The number of benzene rings is 1. The highest BCUT2D eigenvalue weighted by Crippen LogP contribution is 2.24. The third kappa shape index (κ3) is 4.16. The van der Waals surface area contributed by atoms with Crippen molar-refractivity contribution in [3.05, 3.63) is 34.6 Å². The summed E-state index contributed by atoms with van der Waals surface area (Å²) in [6.07, 6.45) is 1.77. The Hall–Kier alpha value is -0.690. The normalized spacial score (nSPS) is 22.2. The molecule has 2 unspecified atom stereocenters. The van der Waals surface area contributed by atoms with Crippen LogP contribution in [0.15, 0.2) is 18.2 Å². The van der Waals surface area contributed by atoms with E-state index < -0.39 is 15.8 Å². The van der Waals surface area contributed by atoms with Gasteiger partial charge in [0, 0.05) is 19.1 Å². The second-order valence-corrected chi connectivity index (χ2v) is 8.00. The number of nitrogens with zero attached hydrogens (tertiary/aromatic N) is 1. The lowest BCUT2D eigenvalue weighted by Crippen LogP contribution is -2.45. The minimum absolute atomic E-state index is 0.0248. The largest absolute Gasteiger partial charge is 0.328 e. The van der Waals surface area contributed by atoms with Gasteiger partial charge in [0.05, 0.1) is 10.8 Å². The Morgan fingerprint density at radius 1 is 1.52 bits per heavy atom. The highest BCUT2D eigenvalue weighted by Gasteiger charge is 2.30. The van der Waals surface area contributed by atoms with Crippen molar-refractivity contribution in [2.45, 2.75) is 31.6 Å². The van der Waals surface area contributed by atoms with Gasteiger partial charge in [-0.1, -0.05) is 17.7 Å². The van der Waals surface area contributed by atoms with Gasteiger partial charge >= 0.3 is 0 Å². The van der Waals surface area contributed by atoms with Crippen LogP contribution < -0.4 is 5.73 Å². The molecule has 118 valence electrons. The second kappa shape index (κ2) is 6.60. The molecule has 0 aromatic heterocycles. The average Bonchev–Trinajstić information content (AvgIpc) is 2.43. The summed E-state index contributed by atoms with van der Waals surface area (Å²) in [6.45, 7) is 2.87. The molecular weight excluding hydrogens is 315 g/mol. The molecule has 1 aromatic carbocycles. The number of piperidine rings is 1. The van der Waals surface area contributed by atoms with Crippen molar-refractivity contribution >= 4 is 21.6 Å². The number of nitrogens with two attached hydrogens (primary N) is 1. The molecule has 1 heterocycles. The van der Waals surface area contributed by atoms with Gasteiger partial charge in [-0.05, 0) is 43.4 Å². The number of hydrogen-bond donors (Lipinski definition) is 1. The van der Waals surface area contributed by atoms with E-state index in [1.165, 1.54) is 22.5 Å². The maximum absolute atomic E-state index is 13.1. The summed E-state index contributed by atoms with van der Waals surface area (Å²) in [5.74, 6) is -0.531. The smallest absolute Gasteiger partial charge is 0.218 e. The molecule has 4 nitrogen and oxygen atoms in total. The van der Waals surface area contributed by atoms with Crippen molar-refractivity contribution in [2.24, 2.45) is 11.7 Å². The number of hydrogen-bond acceptors (Lipinski definition) is 3. The first-order valence-electron chi connectivity index (χ1n) is 6.97. The van der Waals surface area contributed by atoms with Gasteiger partial charge in [-0.2, -0.15) is 0 Å². The molecule has 21 heavy (non-hydrogen) atoms. The molecule has 0 aliphatic carbocycles. The fraction of sp³-hybridized carbons (Fsp3) is 0.571. The minimum Gasteiger partial charge on any atom is -0.328 e. The topological polar surface area (TPSA) is 63.4 Å². The quantitative estimate of drug-likeness (QED) is 0.919.